The molecule has 0 radical (unpaired) electrons. The molecular weight excluding hydrogens is 397 g/mol. The van der Waals surface area contributed by atoms with E-state index in [4.69, 9.17) is 12.2 Å². The van der Waals surface area contributed by atoms with E-state index in [-0.39, 0.29) is 24.3 Å². The Bertz CT molecular complexity index is 705. The standard InChI is InChI=1S/C24H36FN3OS/c1-17-7-6-10-22(18(17)2)27-23(29)15-26-24(30)28(21-8-4-3-5-9-21)16-19-11-13-20(25)14-12-19/h11-14,17-18,21-22H,3-10,15-16H2,1-2H3,(H,26,30)(H,27,29). The second-order valence-corrected chi connectivity index (χ2v) is 9.53. The molecule has 2 saturated carbocycles. The Hall–Kier alpha value is -1.69. The maximum Gasteiger partial charge on any atom is 0.239 e. The van der Waals surface area contributed by atoms with E-state index in [1.807, 2.05) is 12.1 Å². The smallest absolute Gasteiger partial charge is 0.239 e. The van der Waals surface area contributed by atoms with Gasteiger partial charge in [-0.1, -0.05) is 58.1 Å². The molecule has 2 aliphatic rings. The number of rotatable bonds is 6. The van der Waals surface area contributed by atoms with E-state index in [0.717, 1.165) is 24.8 Å². The summed E-state index contributed by atoms with van der Waals surface area (Å²) in [7, 11) is 0. The molecule has 166 valence electrons. The van der Waals surface area contributed by atoms with Gasteiger partial charge in [0.05, 0.1) is 6.54 Å². The van der Waals surface area contributed by atoms with Gasteiger partial charge in [0.15, 0.2) is 5.11 Å². The summed E-state index contributed by atoms with van der Waals surface area (Å²) in [6, 6.07) is 7.23. The van der Waals surface area contributed by atoms with Gasteiger partial charge in [-0.3, -0.25) is 4.79 Å². The molecule has 0 spiro atoms. The van der Waals surface area contributed by atoms with Gasteiger partial charge in [-0.15, -0.1) is 0 Å². The fraction of sp³-hybridized carbons (Fsp3) is 0.667. The molecular formula is C24H36FN3OS. The van der Waals surface area contributed by atoms with Crippen LogP contribution in [0, 0.1) is 17.7 Å². The number of carbonyl (C=O) groups excluding carboxylic acids is 1. The second kappa shape index (κ2) is 11.1. The van der Waals surface area contributed by atoms with Crippen molar-refractivity contribution in [2.45, 2.75) is 83.8 Å². The minimum Gasteiger partial charge on any atom is -0.353 e. The Balaban J connectivity index is 1.56. The fourth-order valence-electron chi connectivity index (χ4n) is 4.85. The van der Waals surface area contributed by atoms with Crippen molar-refractivity contribution in [3.63, 3.8) is 0 Å². The lowest BCUT2D eigenvalue weighted by Gasteiger charge is -2.37. The van der Waals surface area contributed by atoms with Crippen molar-refractivity contribution >= 4 is 23.2 Å². The molecule has 30 heavy (non-hydrogen) atoms. The number of thiocarbonyl (C=S) groups is 1. The van der Waals surface area contributed by atoms with Gasteiger partial charge < -0.3 is 15.5 Å². The van der Waals surface area contributed by atoms with E-state index in [1.165, 1.54) is 44.2 Å². The first-order chi connectivity index (χ1) is 14.4. The SMILES string of the molecule is CC1CCCC(NC(=O)CNC(=S)N(Cc2ccc(F)cc2)C2CCCCC2)C1C. The predicted octanol–water partition coefficient (Wildman–Crippen LogP) is 4.78. The summed E-state index contributed by atoms with van der Waals surface area (Å²) in [6.45, 7) is 5.34. The van der Waals surface area contributed by atoms with Crippen LogP contribution in [0.15, 0.2) is 24.3 Å². The first kappa shape index (κ1) is 23.0. The Morgan fingerprint density at radius 1 is 1.07 bits per heavy atom. The summed E-state index contributed by atoms with van der Waals surface area (Å²) in [4.78, 5) is 14.8. The van der Waals surface area contributed by atoms with Gasteiger partial charge in [0.25, 0.3) is 0 Å². The topological polar surface area (TPSA) is 44.4 Å². The zero-order chi connectivity index (χ0) is 21.5. The monoisotopic (exact) mass is 433 g/mol. The number of hydrogen-bond acceptors (Lipinski definition) is 2. The van der Waals surface area contributed by atoms with Gasteiger partial charge in [0.1, 0.15) is 5.82 Å². The van der Waals surface area contributed by atoms with Gasteiger partial charge in [-0.2, -0.15) is 0 Å². The zero-order valence-electron chi connectivity index (χ0n) is 18.3. The number of hydrogen-bond donors (Lipinski definition) is 2. The Kier molecular flexibility index (Phi) is 8.49. The molecule has 0 aliphatic heterocycles. The first-order valence-corrected chi connectivity index (χ1v) is 11.9. The van der Waals surface area contributed by atoms with Crippen molar-refractivity contribution in [3.05, 3.63) is 35.6 Å². The van der Waals surface area contributed by atoms with Crippen molar-refractivity contribution in [3.8, 4) is 0 Å². The molecule has 2 N–H and O–H groups in total. The molecule has 4 nitrogen and oxygen atoms in total. The zero-order valence-corrected chi connectivity index (χ0v) is 19.1. The molecule has 0 heterocycles. The third-order valence-electron chi connectivity index (χ3n) is 7.00. The van der Waals surface area contributed by atoms with Crippen LogP contribution in [0.3, 0.4) is 0 Å². The summed E-state index contributed by atoms with van der Waals surface area (Å²) >= 11 is 5.71. The lowest BCUT2D eigenvalue weighted by molar-refractivity contribution is -0.121. The lowest BCUT2D eigenvalue weighted by atomic mass is 9.78. The molecule has 0 aromatic heterocycles. The number of halogens is 1. The highest BCUT2D eigenvalue weighted by molar-refractivity contribution is 7.80. The van der Waals surface area contributed by atoms with E-state index in [0.29, 0.717) is 29.5 Å². The molecule has 0 bridgehead atoms. The molecule has 1 aromatic rings. The molecule has 3 atom stereocenters. The van der Waals surface area contributed by atoms with Crippen molar-refractivity contribution in [1.82, 2.24) is 15.5 Å². The molecule has 1 aromatic carbocycles. The third kappa shape index (κ3) is 6.40. The first-order valence-electron chi connectivity index (χ1n) is 11.5. The third-order valence-corrected chi connectivity index (χ3v) is 7.37. The minimum absolute atomic E-state index is 0.00803. The summed E-state index contributed by atoms with van der Waals surface area (Å²) in [5.74, 6) is 0.933. The molecule has 6 heteroatoms. The van der Waals surface area contributed by atoms with Crippen LogP contribution in [0.25, 0.3) is 0 Å². The molecule has 0 saturated heterocycles. The Labute approximate surface area is 186 Å². The Morgan fingerprint density at radius 2 is 1.77 bits per heavy atom. The van der Waals surface area contributed by atoms with Crippen molar-refractivity contribution in [2.24, 2.45) is 11.8 Å². The van der Waals surface area contributed by atoms with E-state index < -0.39 is 0 Å². The summed E-state index contributed by atoms with van der Waals surface area (Å²) in [6.07, 6.45) is 9.35. The van der Waals surface area contributed by atoms with Gasteiger partial charge in [0.2, 0.25) is 5.91 Å². The highest BCUT2D eigenvalue weighted by Gasteiger charge is 2.28. The summed E-state index contributed by atoms with van der Waals surface area (Å²) < 4.78 is 13.3. The van der Waals surface area contributed by atoms with Crippen LogP contribution in [0.1, 0.15) is 70.8 Å². The van der Waals surface area contributed by atoms with Gasteiger partial charge in [-0.05, 0) is 61.0 Å². The number of nitrogens with one attached hydrogen (secondary N) is 2. The molecule has 3 rings (SSSR count). The molecule has 2 fully saturated rings. The number of nitrogens with zero attached hydrogens (tertiary/aromatic N) is 1. The van der Waals surface area contributed by atoms with Crippen molar-refractivity contribution in [2.75, 3.05) is 6.54 Å². The van der Waals surface area contributed by atoms with E-state index in [1.54, 1.807) is 0 Å². The summed E-state index contributed by atoms with van der Waals surface area (Å²) in [5, 5.41) is 7.02. The van der Waals surface area contributed by atoms with Crippen molar-refractivity contribution < 1.29 is 9.18 Å². The van der Waals surface area contributed by atoms with Crippen LogP contribution in [-0.4, -0.2) is 34.5 Å². The van der Waals surface area contributed by atoms with Gasteiger partial charge in [-0.25, -0.2) is 4.39 Å². The highest BCUT2D eigenvalue weighted by atomic mass is 32.1. The predicted molar refractivity (Wildman–Crippen MR) is 124 cm³/mol. The largest absolute Gasteiger partial charge is 0.353 e. The number of carbonyl (C=O) groups is 1. The van der Waals surface area contributed by atoms with Crippen molar-refractivity contribution in [1.29, 1.82) is 0 Å². The molecule has 3 unspecified atom stereocenters. The quantitative estimate of drug-likeness (QED) is 0.634. The van der Waals surface area contributed by atoms with Crippen LogP contribution < -0.4 is 10.6 Å². The van der Waals surface area contributed by atoms with Crippen LogP contribution in [-0.2, 0) is 11.3 Å². The average Bonchev–Trinajstić information content (AvgIpc) is 2.75. The number of benzene rings is 1. The Morgan fingerprint density at radius 3 is 2.47 bits per heavy atom. The maximum absolute atomic E-state index is 13.3. The minimum atomic E-state index is -0.230. The molecule has 1 amide bonds. The van der Waals surface area contributed by atoms with E-state index in [9.17, 15) is 9.18 Å². The second-order valence-electron chi connectivity index (χ2n) is 9.15. The van der Waals surface area contributed by atoms with E-state index >= 15 is 0 Å². The van der Waals surface area contributed by atoms with Crippen LogP contribution in [0.4, 0.5) is 4.39 Å². The normalized spacial score (nSPS) is 24.8. The average molecular weight is 434 g/mol. The van der Waals surface area contributed by atoms with Gasteiger partial charge >= 0.3 is 0 Å². The van der Waals surface area contributed by atoms with Gasteiger partial charge in [0, 0.05) is 18.6 Å². The fourth-order valence-corrected chi connectivity index (χ4v) is 5.13. The highest BCUT2D eigenvalue weighted by Crippen LogP contribution is 2.29. The maximum atomic E-state index is 13.3. The number of amides is 1. The van der Waals surface area contributed by atoms with Crippen LogP contribution in [0.5, 0.6) is 0 Å². The molecule has 2 aliphatic carbocycles. The van der Waals surface area contributed by atoms with Crippen LogP contribution >= 0.6 is 12.2 Å². The van der Waals surface area contributed by atoms with E-state index in [2.05, 4.69) is 29.4 Å². The lowest BCUT2D eigenvalue weighted by Crippen LogP contribution is -2.51. The summed E-state index contributed by atoms with van der Waals surface area (Å²) in [5.41, 5.74) is 1.03. The van der Waals surface area contributed by atoms with Crippen LogP contribution in [0.2, 0.25) is 0 Å².